The van der Waals surface area contributed by atoms with Crippen LogP contribution in [0.3, 0.4) is 0 Å². The van der Waals surface area contributed by atoms with Crippen molar-refractivity contribution in [1.29, 1.82) is 0 Å². The molecule has 2 atom stereocenters. The van der Waals surface area contributed by atoms with Crippen LogP contribution in [0.5, 0.6) is 17.6 Å². The van der Waals surface area contributed by atoms with E-state index in [2.05, 4.69) is 19.9 Å². The topological polar surface area (TPSA) is 99.1 Å². The highest BCUT2D eigenvalue weighted by Gasteiger charge is 2.49. The van der Waals surface area contributed by atoms with Gasteiger partial charge in [0, 0.05) is 24.9 Å². The van der Waals surface area contributed by atoms with Crippen LogP contribution in [0.25, 0.3) is 32.9 Å². The zero-order valence-electron chi connectivity index (χ0n) is 25.3. The second-order valence-corrected chi connectivity index (χ2v) is 11.6. The molecular weight excluding hydrogens is 615 g/mol. The van der Waals surface area contributed by atoms with Gasteiger partial charge in [-0.15, -0.1) is 0 Å². The van der Waals surface area contributed by atoms with Gasteiger partial charge in [-0.1, -0.05) is 13.0 Å². The molecule has 2 aromatic heterocycles. The smallest absolute Gasteiger partial charge is 0.422 e. The van der Waals surface area contributed by atoms with Gasteiger partial charge >= 0.3 is 12.2 Å². The summed E-state index contributed by atoms with van der Waals surface area (Å²) in [6, 6.07) is 5.65. The van der Waals surface area contributed by atoms with Crippen LogP contribution >= 0.6 is 0 Å². The minimum absolute atomic E-state index is 0.000674. The van der Waals surface area contributed by atoms with Crippen molar-refractivity contribution in [2.75, 3.05) is 40.3 Å². The van der Waals surface area contributed by atoms with E-state index in [4.69, 9.17) is 18.9 Å². The fourth-order valence-electron chi connectivity index (χ4n) is 6.76. The largest absolute Gasteiger partial charge is 0.468 e. The summed E-state index contributed by atoms with van der Waals surface area (Å²) in [4.78, 5) is 14.8. The summed E-state index contributed by atoms with van der Waals surface area (Å²) in [6.07, 6.45) is -0.0811. The van der Waals surface area contributed by atoms with Crippen LogP contribution in [0.15, 0.2) is 30.5 Å². The highest BCUT2D eigenvalue weighted by atomic mass is 19.4. The van der Waals surface area contributed by atoms with Gasteiger partial charge in [-0.25, -0.2) is 8.78 Å². The van der Waals surface area contributed by atoms with Crippen LogP contribution in [0.4, 0.5) is 22.0 Å². The van der Waals surface area contributed by atoms with E-state index >= 15 is 4.39 Å². The minimum Gasteiger partial charge on any atom is -0.468 e. The highest BCUT2D eigenvalue weighted by molar-refractivity contribution is 6.01. The van der Waals surface area contributed by atoms with Gasteiger partial charge in [-0.05, 0) is 73.2 Å². The maximum absolute atomic E-state index is 16.6. The monoisotopic (exact) mass is 648 g/mol. The lowest BCUT2D eigenvalue weighted by atomic mass is 9.94. The molecule has 46 heavy (non-hydrogen) atoms. The van der Waals surface area contributed by atoms with E-state index in [1.54, 1.807) is 19.1 Å². The number of benzene rings is 2. The molecule has 0 radical (unpaired) electrons. The van der Waals surface area contributed by atoms with Gasteiger partial charge in [0.15, 0.2) is 19.2 Å². The van der Waals surface area contributed by atoms with Crippen molar-refractivity contribution in [2.24, 2.45) is 0 Å². The Morgan fingerprint density at radius 2 is 1.91 bits per heavy atom. The molecule has 0 bridgehead atoms. The molecule has 2 fully saturated rings. The van der Waals surface area contributed by atoms with Crippen LogP contribution in [0.1, 0.15) is 38.2 Å². The predicted molar refractivity (Wildman–Crippen MR) is 158 cm³/mol. The van der Waals surface area contributed by atoms with E-state index in [9.17, 15) is 22.7 Å². The molecule has 2 saturated heterocycles. The fourth-order valence-corrected chi connectivity index (χ4v) is 6.76. The van der Waals surface area contributed by atoms with Crippen LogP contribution in [-0.2, 0) is 11.2 Å². The highest BCUT2D eigenvalue weighted by Crippen LogP contribution is 2.43. The first-order valence-corrected chi connectivity index (χ1v) is 15.0. The maximum Gasteiger partial charge on any atom is 0.422 e. The Hall–Kier alpha value is -3.88. The van der Waals surface area contributed by atoms with Crippen molar-refractivity contribution < 1.29 is 46.0 Å². The van der Waals surface area contributed by atoms with Gasteiger partial charge in [-0.3, -0.25) is 9.88 Å². The van der Waals surface area contributed by atoms with Gasteiger partial charge in [0.25, 0.3) is 0 Å². The van der Waals surface area contributed by atoms with E-state index in [0.29, 0.717) is 22.1 Å². The number of hydrogen-bond acceptors (Lipinski definition) is 9. The van der Waals surface area contributed by atoms with Crippen molar-refractivity contribution in [2.45, 2.75) is 56.8 Å². The number of aromatic nitrogens is 3. The number of nitrogens with zero attached hydrogens (tertiary/aromatic N) is 4. The molecule has 1 N–H and O–H groups in total. The summed E-state index contributed by atoms with van der Waals surface area (Å²) in [6.45, 7) is 0.849. The van der Waals surface area contributed by atoms with E-state index in [-0.39, 0.29) is 60.6 Å². The van der Waals surface area contributed by atoms with Crippen molar-refractivity contribution in [3.05, 3.63) is 47.7 Å². The lowest BCUT2D eigenvalue weighted by Gasteiger charge is -2.34. The van der Waals surface area contributed by atoms with Crippen molar-refractivity contribution >= 4 is 21.7 Å². The molecular formula is C32H33F5N4O5. The number of alkyl halides is 3. The molecule has 0 saturated carbocycles. The second kappa shape index (κ2) is 12.7. The Labute approximate surface area is 261 Å². The number of rotatable bonds is 11. The average Bonchev–Trinajstić information content (AvgIpc) is 3.60. The molecule has 0 amide bonds. The zero-order chi connectivity index (χ0) is 32.6. The van der Waals surface area contributed by atoms with Gasteiger partial charge in [0.2, 0.25) is 5.88 Å². The van der Waals surface area contributed by atoms with E-state index in [1.807, 2.05) is 0 Å². The Morgan fingerprint density at radius 3 is 2.65 bits per heavy atom. The number of methoxy groups -OCH3 is 1. The lowest BCUT2D eigenvalue weighted by Crippen LogP contribution is -2.47. The van der Waals surface area contributed by atoms with Gasteiger partial charge in [-0.2, -0.15) is 23.1 Å². The number of pyridine rings is 1. The maximum atomic E-state index is 16.6. The number of aliphatic hydroxyl groups is 1. The SMILES string of the molecule is CCc1c(F)ccc2cc(OCOC)cc(-c3ncc4c(OCC(F)(F)F)nc(OC[C@]56CCCN5[C@H](CO)CC6)nc4c3F)c12. The Bertz CT molecular complexity index is 1760. The van der Waals surface area contributed by atoms with E-state index in [0.717, 1.165) is 38.4 Å². The van der Waals surface area contributed by atoms with Crippen molar-refractivity contribution in [3.63, 3.8) is 0 Å². The number of fused-ring (bicyclic) bond motifs is 3. The van der Waals surface area contributed by atoms with E-state index in [1.165, 1.54) is 19.2 Å². The number of aryl methyl sites for hydroxylation is 1. The summed E-state index contributed by atoms with van der Waals surface area (Å²) in [5.74, 6) is -1.71. The molecule has 4 aromatic rings. The first-order chi connectivity index (χ1) is 22.1. The summed E-state index contributed by atoms with van der Waals surface area (Å²) in [5, 5.41) is 10.6. The van der Waals surface area contributed by atoms with Crippen LogP contribution in [-0.4, -0.2) is 83.0 Å². The summed E-state index contributed by atoms with van der Waals surface area (Å²) < 4.78 is 92.8. The quantitative estimate of drug-likeness (QED) is 0.156. The summed E-state index contributed by atoms with van der Waals surface area (Å²) in [5.41, 5.74) is -0.485. The van der Waals surface area contributed by atoms with Gasteiger partial charge < -0.3 is 24.1 Å². The van der Waals surface area contributed by atoms with Crippen LogP contribution < -0.4 is 14.2 Å². The molecule has 2 aromatic carbocycles. The molecule has 6 rings (SSSR count). The molecule has 0 unspecified atom stereocenters. The molecule has 2 aliphatic heterocycles. The minimum atomic E-state index is -4.70. The Kier molecular flexibility index (Phi) is 8.87. The lowest BCUT2D eigenvalue weighted by molar-refractivity contribution is -0.153. The number of halogens is 5. The van der Waals surface area contributed by atoms with E-state index < -0.39 is 35.8 Å². The molecule has 0 aliphatic carbocycles. The van der Waals surface area contributed by atoms with Crippen LogP contribution in [0, 0.1) is 11.6 Å². The molecule has 9 nitrogen and oxygen atoms in total. The number of ether oxygens (including phenoxy) is 4. The third-order valence-corrected chi connectivity index (χ3v) is 8.81. The van der Waals surface area contributed by atoms with Gasteiger partial charge in [0.05, 0.1) is 17.5 Å². The molecule has 246 valence electrons. The molecule has 4 heterocycles. The Morgan fingerprint density at radius 1 is 1.09 bits per heavy atom. The van der Waals surface area contributed by atoms with Crippen LogP contribution in [0.2, 0.25) is 0 Å². The second-order valence-electron chi connectivity index (χ2n) is 11.6. The first kappa shape index (κ1) is 32.1. The third-order valence-electron chi connectivity index (χ3n) is 8.81. The zero-order valence-corrected chi connectivity index (χ0v) is 25.3. The van der Waals surface area contributed by atoms with Gasteiger partial charge in [0.1, 0.15) is 29.4 Å². The predicted octanol–water partition coefficient (Wildman–Crippen LogP) is 5.98. The third kappa shape index (κ3) is 6.00. The standard InChI is InChI=1S/C32H33F5N4O5/c1-3-21-24(33)6-5-18-11-20(46-17-43-2)12-22(25(18)21)27-26(34)28-23(13-38-27)29(44-16-32(35,36)37)40-30(39-28)45-15-31-8-4-10-41(31)19(14-42)7-9-31/h5-6,11-13,19,42H,3-4,7-10,14-17H2,1-2H3/t19-,31+/m0/s1. The van der Waals surface area contributed by atoms with Crippen molar-refractivity contribution in [3.8, 4) is 28.9 Å². The fraction of sp³-hybridized carbons (Fsp3) is 0.469. The summed E-state index contributed by atoms with van der Waals surface area (Å²) in [7, 11) is 1.44. The summed E-state index contributed by atoms with van der Waals surface area (Å²) >= 11 is 0. The molecule has 2 aliphatic rings. The number of hydrogen-bond donors (Lipinski definition) is 1. The molecule has 14 heteroatoms. The Balaban J connectivity index is 1.48. The normalized spacial score (nSPS) is 20.0. The molecule has 0 spiro atoms. The number of aliphatic hydroxyl groups excluding tert-OH is 1. The van der Waals surface area contributed by atoms with Crippen molar-refractivity contribution in [1.82, 2.24) is 19.9 Å². The average molecular weight is 649 g/mol. The first-order valence-electron chi connectivity index (χ1n) is 15.0.